The zero-order valence-corrected chi connectivity index (χ0v) is 15.5. The van der Waals surface area contributed by atoms with Gasteiger partial charge < -0.3 is 15.0 Å². The Morgan fingerprint density at radius 1 is 1.31 bits per heavy atom. The summed E-state index contributed by atoms with van der Waals surface area (Å²) in [4.78, 5) is 26.6. The second-order valence-corrected chi connectivity index (χ2v) is 6.63. The normalized spacial score (nSPS) is 20.3. The molecule has 1 N–H and O–H groups in total. The van der Waals surface area contributed by atoms with Gasteiger partial charge in [-0.2, -0.15) is 5.10 Å². The first-order valence-electron chi connectivity index (χ1n) is 8.58. The van der Waals surface area contributed by atoms with Gasteiger partial charge in [0.15, 0.2) is 6.10 Å². The molecule has 2 atom stereocenters. The van der Waals surface area contributed by atoms with Crippen LogP contribution in [0.25, 0.3) is 0 Å². The van der Waals surface area contributed by atoms with Crippen LogP contribution in [0.1, 0.15) is 28.4 Å². The van der Waals surface area contributed by atoms with Gasteiger partial charge in [-0.05, 0) is 25.0 Å². The number of nitrogens with one attached hydrogen (secondary N) is 1. The summed E-state index contributed by atoms with van der Waals surface area (Å²) in [6.45, 7) is 4.20. The van der Waals surface area contributed by atoms with Gasteiger partial charge in [-0.3, -0.25) is 14.3 Å². The van der Waals surface area contributed by atoms with Crippen molar-refractivity contribution in [3.63, 3.8) is 0 Å². The van der Waals surface area contributed by atoms with E-state index in [1.807, 2.05) is 45.2 Å². The van der Waals surface area contributed by atoms with Crippen LogP contribution < -0.4 is 5.32 Å². The third kappa shape index (κ3) is 3.35. The van der Waals surface area contributed by atoms with E-state index < -0.39 is 12.1 Å². The summed E-state index contributed by atoms with van der Waals surface area (Å²) in [6.07, 6.45) is 0.988. The molecule has 0 bridgehead atoms. The molecule has 2 unspecified atom stereocenters. The summed E-state index contributed by atoms with van der Waals surface area (Å²) < 4.78 is 7.41. The minimum Gasteiger partial charge on any atom is -0.356 e. The number of nitrogens with zero attached hydrogens (tertiary/aromatic N) is 3. The van der Waals surface area contributed by atoms with Crippen molar-refractivity contribution in [2.24, 2.45) is 7.05 Å². The van der Waals surface area contributed by atoms with E-state index in [2.05, 4.69) is 10.4 Å². The zero-order valence-electron chi connectivity index (χ0n) is 15.5. The van der Waals surface area contributed by atoms with Gasteiger partial charge in [0, 0.05) is 31.9 Å². The molecule has 2 heterocycles. The number of carbonyl (C=O) groups excluding carboxylic acids is 2. The van der Waals surface area contributed by atoms with Crippen molar-refractivity contribution < 1.29 is 14.3 Å². The van der Waals surface area contributed by atoms with Crippen molar-refractivity contribution in [2.75, 3.05) is 13.7 Å². The average molecular weight is 356 g/mol. The summed E-state index contributed by atoms with van der Waals surface area (Å²) in [7, 11) is 3.58. The van der Waals surface area contributed by atoms with Crippen LogP contribution in [0.5, 0.6) is 0 Å². The molecule has 1 aliphatic rings. The van der Waals surface area contributed by atoms with Gasteiger partial charge in [0.25, 0.3) is 5.91 Å². The van der Waals surface area contributed by atoms with Crippen molar-refractivity contribution in [1.29, 1.82) is 0 Å². The van der Waals surface area contributed by atoms with E-state index in [1.54, 1.807) is 22.8 Å². The molecule has 7 heteroatoms. The minimum absolute atomic E-state index is 0.0944. The van der Waals surface area contributed by atoms with Gasteiger partial charge in [-0.1, -0.05) is 24.3 Å². The lowest BCUT2D eigenvalue weighted by Crippen LogP contribution is -2.53. The van der Waals surface area contributed by atoms with E-state index in [-0.39, 0.29) is 18.4 Å². The number of rotatable bonds is 4. The molecule has 3 rings (SSSR count). The fraction of sp³-hybridized carbons (Fsp3) is 0.421. The zero-order chi connectivity index (χ0) is 18.8. The number of benzene rings is 1. The van der Waals surface area contributed by atoms with E-state index in [9.17, 15) is 9.59 Å². The molecule has 0 spiro atoms. The highest BCUT2D eigenvalue weighted by Gasteiger charge is 2.40. The Kier molecular flexibility index (Phi) is 5.08. The van der Waals surface area contributed by atoms with E-state index in [4.69, 9.17) is 4.74 Å². The minimum atomic E-state index is -0.754. The van der Waals surface area contributed by atoms with Crippen molar-refractivity contribution in [3.05, 3.63) is 52.8 Å². The highest BCUT2D eigenvalue weighted by Crippen LogP contribution is 2.31. The Morgan fingerprint density at radius 2 is 2.04 bits per heavy atom. The van der Waals surface area contributed by atoms with E-state index in [0.717, 1.165) is 22.4 Å². The summed E-state index contributed by atoms with van der Waals surface area (Å²) >= 11 is 0. The number of aromatic nitrogens is 2. The fourth-order valence-corrected chi connectivity index (χ4v) is 3.22. The Morgan fingerprint density at radius 3 is 2.69 bits per heavy atom. The molecule has 1 saturated heterocycles. The third-order valence-electron chi connectivity index (χ3n) is 5.04. The van der Waals surface area contributed by atoms with Gasteiger partial charge in [-0.25, -0.2) is 0 Å². The van der Waals surface area contributed by atoms with Crippen molar-refractivity contribution >= 4 is 11.8 Å². The molecule has 1 fully saturated rings. The van der Waals surface area contributed by atoms with Crippen molar-refractivity contribution in [1.82, 2.24) is 20.0 Å². The van der Waals surface area contributed by atoms with E-state index in [0.29, 0.717) is 6.54 Å². The summed E-state index contributed by atoms with van der Waals surface area (Å²) in [5.74, 6) is -0.369. The largest absolute Gasteiger partial charge is 0.356 e. The summed E-state index contributed by atoms with van der Waals surface area (Å²) in [5, 5.41) is 7.11. The topological polar surface area (TPSA) is 76.5 Å². The monoisotopic (exact) mass is 356 g/mol. The lowest BCUT2D eigenvalue weighted by Gasteiger charge is -2.38. The molecule has 2 amide bonds. The number of aryl methyl sites for hydroxylation is 2. The maximum atomic E-state index is 12.8. The molecule has 0 aliphatic carbocycles. The fourth-order valence-electron chi connectivity index (χ4n) is 3.22. The molecular weight excluding hydrogens is 332 g/mol. The maximum absolute atomic E-state index is 12.8. The van der Waals surface area contributed by atoms with E-state index in [1.165, 1.54) is 0 Å². The quantitative estimate of drug-likeness (QED) is 0.895. The SMILES string of the molecule is Cc1ccccc1C1C(C(=O)NCc2cnn(C)c2C)OCC(=O)N1C. The molecule has 1 aromatic carbocycles. The van der Waals surface area contributed by atoms with Crippen LogP contribution in [0.2, 0.25) is 0 Å². The van der Waals surface area contributed by atoms with Crippen LogP contribution in [0.3, 0.4) is 0 Å². The molecule has 138 valence electrons. The van der Waals surface area contributed by atoms with Gasteiger partial charge in [0.2, 0.25) is 5.91 Å². The van der Waals surface area contributed by atoms with Crippen LogP contribution in [-0.2, 0) is 27.9 Å². The number of likely N-dealkylation sites (N-methyl/N-ethyl adjacent to an activating group) is 1. The van der Waals surface area contributed by atoms with Gasteiger partial charge >= 0.3 is 0 Å². The summed E-state index contributed by atoms with van der Waals surface area (Å²) in [6, 6.07) is 7.29. The Hall–Kier alpha value is -2.67. The lowest BCUT2D eigenvalue weighted by molar-refractivity contribution is -0.162. The standard InChI is InChI=1S/C19H24N4O3/c1-12-7-5-6-8-15(12)17-18(26-11-16(24)22(17)3)19(25)20-9-14-10-21-23(4)13(14)2/h5-8,10,17-18H,9,11H2,1-4H3,(H,20,25). The van der Waals surface area contributed by atoms with Crippen molar-refractivity contribution in [2.45, 2.75) is 32.5 Å². The second kappa shape index (κ2) is 7.29. The second-order valence-electron chi connectivity index (χ2n) is 6.63. The molecule has 1 aliphatic heterocycles. The van der Waals surface area contributed by atoms with Crippen LogP contribution in [0.15, 0.2) is 30.5 Å². The summed E-state index contributed by atoms with van der Waals surface area (Å²) in [5.41, 5.74) is 3.88. The van der Waals surface area contributed by atoms with Crippen LogP contribution in [-0.4, -0.2) is 46.3 Å². The predicted octanol–water partition coefficient (Wildman–Crippen LogP) is 1.25. The molecule has 0 radical (unpaired) electrons. The lowest BCUT2D eigenvalue weighted by atomic mass is 9.94. The molecule has 26 heavy (non-hydrogen) atoms. The number of amides is 2. The number of carbonyl (C=O) groups is 2. The Balaban J connectivity index is 1.81. The molecule has 0 saturated carbocycles. The van der Waals surface area contributed by atoms with Gasteiger partial charge in [0.1, 0.15) is 6.61 Å². The average Bonchev–Trinajstić information content (AvgIpc) is 2.94. The van der Waals surface area contributed by atoms with Crippen LogP contribution >= 0.6 is 0 Å². The van der Waals surface area contributed by atoms with E-state index >= 15 is 0 Å². The van der Waals surface area contributed by atoms with Crippen LogP contribution in [0, 0.1) is 13.8 Å². The molecule has 2 aromatic rings. The first-order valence-corrected chi connectivity index (χ1v) is 8.58. The Bertz CT molecular complexity index is 830. The highest BCUT2D eigenvalue weighted by molar-refractivity contribution is 5.86. The van der Waals surface area contributed by atoms with Gasteiger partial charge in [-0.15, -0.1) is 0 Å². The smallest absolute Gasteiger partial charge is 0.251 e. The predicted molar refractivity (Wildman–Crippen MR) is 96.2 cm³/mol. The first kappa shape index (κ1) is 18.1. The number of hydrogen-bond donors (Lipinski definition) is 1. The highest BCUT2D eigenvalue weighted by atomic mass is 16.5. The molecule has 7 nitrogen and oxygen atoms in total. The number of hydrogen-bond acceptors (Lipinski definition) is 4. The number of ether oxygens (including phenoxy) is 1. The molecule has 1 aromatic heterocycles. The van der Waals surface area contributed by atoms with Crippen molar-refractivity contribution in [3.8, 4) is 0 Å². The first-order chi connectivity index (χ1) is 12.4. The third-order valence-corrected chi connectivity index (χ3v) is 5.04. The molecular formula is C19H24N4O3. The Labute approximate surface area is 152 Å². The number of morpholine rings is 1. The van der Waals surface area contributed by atoms with Gasteiger partial charge in [0.05, 0.1) is 12.2 Å². The maximum Gasteiger partial charge on any atom is 0.251 e. The van der Waals surface area contributed by atoms with Crippen LogP contribution in [0.4, 0.5) is 0 Å².